The van der Waals surface area contributed by atoms with Crippen LogP contribution >= 0.6 is 11.6 Å². The van der Waals surface area contributed by atoms with Gasteiger partial charge in [-0.05, 0) is 75.8 Å². The van der Waals surface area contributed by atoms with E-state index in [2.05, 4.69) is 28.3 Å². The molecule has 1 saturated heterocycles. The highest BCUT2D eigenvalue weighted by Gasteiger charge is 2.47. The normalized spacial score (nSPS) is 21.8. The van der Waals surface area contributed by atoms with E-state index in [1.54, 1.807) is 36.7 Å². The Bertz CT molecular complexity index is 1670. The van der Waals surface area contributed by atoms with Gasteiger partial charge in [0.2, 0.25) is 0 Å². The fourth-order valence-electron chi connectivity index (χ4n) is 6.39. The zero-order valence-electron chi connectivity index (χ0n) is 23.8. The molecule has 2 atom stereocenters. The summed E-state index contributed by atoms with van der Waals surface area (Å²) in [6, 6.07) is 15.2. The molecule has 0 spiro atoms. The molecule has 1 amide bonds. The number of nitriles is 1. The Balaban J connectivity index is 1.17. The summed E-state index contributed by atoms with van der Waals surface area (Å²) in [6.07, 6.45) is 6.86. The Kier molecular flexibility index (Phi) is 7.08. The fourth-order valence-corrected chi connectivity index (χ4v) is 6.61. The van der Waals surface area contributed by atoms with Crippen LogP contribution in [0.2, 0.25) is 5.02 Å². The standard InChI is InChI=1S/C32H33ClN6O3/c1-31(2,41)19-42-24-10-26(29-23(13-34)15-36-39(29)18-24)20-8-9-28(35-14-20)38-16-21-11-32(3,12-22(21)17-38)37-30(40)25-6-4-5-7-27(25)33/h4-10,14-15,18,21-22,41H,11-12,16-17,19H2,1-3H3,(H,37,40). The van der Waals surface area contributed by atoms with Crippen molar-refractivity contribution in [3.8, 4) is 22.9 Å². The molecular formula is C32H33ClN6O3. The third-order valence-corrected chi connectivity index (χ3v) is 8.55. The van der Waals surface area contributed by atoms with E-state index in [4.69, 9.17) is 21.3 Å². The van der Waals surface area contributed by atoms with Crippen molar-refractivity contribution in [2.24, 2.45) is 11.8 Å². The first kappa shape index (κ1) is 28.0. The van der Waals surface area contributed by atoms with Gasteiger partial charge in [-0.1, -0.05) is 23.7 Å². The number of pyridine rings is 2. The van der Waals surface area contributed by atoms with Crippen molar-refractivity contribution in [1.29, 1.82) is 5.26 Å². The van der Waals surface area contributed by atoms with Crippen LogP contribution in [0.15, 0.2) is 61.1 Å². The average molecular weight is 585 g/mol. The van der Waals surface area contributed by atoms with E-state index in [0.717, 1.165) is 42.9 Å². The number of rotatable bonds is 7. The smallest absolute Gasteiger partial charge is 0.253 e. The number of nitrogens with zero attached hydrogens (tertiary/aromatic N) is 5. The summed E-state index contributed by atoms with van der Waals surface area (Å²) in [5.74, 6) is 2.22. The van der Waals surface area contributed by atoms with E-state index in [1.807, 2.05) is 36.5 Å². The lowest BCUT2D eigenvalue weighted by molar-refractivity contribution is 0.0283. The average Bonchev–Trinajstić information content (AvgIpc) is 3.62. The molecule has 2 fully saturated rings. The number of anilines is 1. The number of carbonyl (C=O) groups excluding carboxylic acids is 1. The summed E-state index contributed by atoms with van der Waals surface area (Å²) >= 11 is 6.25. The van der Waals surface area contributed by atoms with Crippen molar-refractivity contribution in [3.05, 3.63) is 77.2 Å². The monoisotopic (exact) mass is 584 g/mol. The summed E-state index contributed by atoms with van der Waals surface area (Å²) < 4.78 is 7.48. The molecule has 4 heterocycles. The first-order chi connectivity index (χ1) is 20.0. The van der Waals surface area contributed by atoms with Crippen molar-refractivity contribution in [1.82, 2.24) is 19.9 Å². The van der Waals surface area contributed by atoms with Crippen LogP contribution in [0.25, 0.3) is 16.6 Å². The van der Waals surface area contributed by atoms with Gasteiger partial charge in [-0.25, -0.2) is 9.50 Å². The Labute approximate surface area is 249 Å². The molecule has 3 aromatic heterocycles. The number of benzene rings is 1. The topological polar surface area (TPSA) is 116 Å². The van der Waals surface area contributed by atoms with Crippen LogP contribution in [0.3, 0.4) is 0 Å². The van der Waals surface area contributed by atoms with Crippen LogP contribution in [-0.4, -0.2) is 56.4 Å². The van der Waals surface area contributed by atoms with Crippen LogP contribution in [0.5, 0.6) is 5.75 Å². The van der Waals surface area contributed by atoms with Gasteiger partial charge in [-0.2, -0.15) is 10.4 Å². The third-order valence-electron chi connectivity index (χ3n) is 8.22. The van der Waals surface area contributed by atoms with Crippen LogP contribution in [0.1, 0.15) is 49.5 Å². The minimum Gasteiger partial charge on any atom is -0.489 e. The number of nitrogens with one attached hydrogen (secondary N) is 1. The Morgan fingerprint density at radius 3 is 2.60 bits per heavy atom. The maximum atomic E-state index is 12.9. The van der Waals surface area contributed by atoms with Gasteiger partial charge >= 0.3 is 0 Å². The molecule has 9 nitrogen and oxygen atoms in total. The van der Waals surface area contributed by atoms with Gasteiger partial charge < -0.3 is 20.1 Å². The molecule has 1 aliphatic carbocycles. The molecule has 42 heavy (non-hydrogen) atoms. The molecule has 6 rings (SSSR count). The number of aliphatic hydroxyl groups is 1. The minimum absolute atomic E-state index is 0.113. The molecule has 2 N–H and O–H groups in total. The zero-order chi connectivity index (χ0) is 29.6. The quantitative estimate of drug-likeness (QED) is 0.310. The fraction of sp³-hybridized carbons (Fsp3) is 0.375. The summed E-state index contributed by atoms with van der Waals surface area (Å²) in [5, 5.41) is 27.8. The van der Waals surface area contributed by atoms with Gasteiger partial charge in [-0.3, -0.25) is 4.79 Å². The molecular weight excluding hydrogens is 552 g/mol. The largest absolute Gasteiger partial charge is 0.489 e. The number of ether oxygens (including phenoxy) is 1. The summed E-state index contributed by atoms with van der Waals surface area (Å²) in [5.41, 5.74) is 1.99. The van der Waals surface area contributed by atoms with E-state index < -0.39 is 5.60 Å². The highest BCUT2D eigenvalue weighted by molar-refractivity contribution is 6.33. The Morgan fingerprint density at radius 2 is 1.95 bits per heavy atom. The molecule has 2 unspecified atom stereocenters. The molecule has 1 saturated carbocycles. The third kappa shape index (κ3) is 5.52. The lowest BCUT2D eigenvalue weighted by Crippen LogP contribution is -2.45. The van der Waals surface area contributed by atoms with Gasteiger partial charge in [0, 0.05) is 36.0 Å². The lowest BCUT2D eigenvalue weighted by Gasteiger charge is -2.29. The molecule has 4 aromatic rings. The van der Waals surface area contributed by atoms with Crippen LogP contribution in [-0.2, 0) is 0 Å². The number of halogens is 1. The Hall–Kier alpha value is -4.13. The zero-order valence-corrected chi connectivity index (χ0v) is 24.6. The predicted octanol–water partition coefficient (Wildman–Crippen LogP) is 5.11. The molecule has 1 aliphatic heterocycles. The lowest BCUT2D eigenvalue weighted by atomic mass is 9.97. The molecule has 1 aromatic carbocycles. The number of aromatic nitrogens is 3. The van der Waals surface area contributed by atoms with Gasteiger partial charge in [0.15, 0.2) is 0 Å². The first-order valence-electron chi connectivity index (χ1n) is 14.1. The highest BCUT2D eigenvalue weighted by atomic mass is 35.5. The summed E-state index contributed by atoms with van der Waals surface area (Å²) in [7, 11) is 0. The van der Waals surface area contributed by atoms with Gasteiger partial charge in [-0.15, -0.1) is 0 Å². The van der Waals surface area contributed by atoms with Crippen LogP contribution < -0.4 is 15.0 Å². The van der Waals surface area contributed by atoms with Crippen molar-refractivity contribution in [2.45, 2.75) is 44.8 Å². The van der Waals surface area contributed by atoms with E-state index in [-0.39, 0.29) is 18.1 Å². The maximum absolute atomic E-state index is 12.9. The number of hydrogen-bond acceptors (Lipinski definition) is 7. The number of hydrogen-bond donors (Lipinski definition) is 2. The molecule has 0 radical (unpaired) electrons. The molecule has 10 heteroatoms. The molecule has 2 aliphatic rings. The van der Waals surface area contributed by atoms with Crippen molar-refractivity contribution in [2.75, 3.05) is 24.6 Å². The Morgan fingerprint density at radius 1 is 1.21 bits per heavy atom. The van der Waals surface area contributed by atoms with Gasteiger partial charge in [0.25, 0.3) is 5.91 Å². The second kappa shape index (κ2) is 10.6. The number of amides is 1. The van der Waals surface area contributed by atoms with E-state index in [1.165, 1.54) is 6.20 Å². The second-order valence-electron chi connectivity index (χ2n) is 12.4. The SMILES string of the molecule is CC(C)(O)COc1cc(-c2ccc(N3CC4CC(C)(NC(=O)c5ccccc5Cl)CC4C3)nc2)c2c(C#N)cnn2c1. The van der Waals surface area contributed by atoms with E-state index >= 15 is 0 Å². The molecule has 216 valence electrons. The van der Waals surface area contributed by atoms with Crippen LogP contribution in [0, 0.1) is 23.2 Å². The van der Waals surface area contributed by atoms with Crippen molar-refractivity contribution >= 4 is 28.8 Å². The summed E-state index contributed by atoms with van der Waals surface area (Å²) in [4.78, 5) is 20.0. The predicted molar refractivity (Wildman–Crippen MR) is 161 cm³/mol. The van der Waals surface area contributed by atoms with Crippen molar-refractivity contribution in [3.63, 3.8) is 0 Å². The first-order valence-corrected chi connectivity index (χ1v) is 14.4. The van der Waals surface area contributed by atoms with Gasteiger partial charge in [0.05, 0.1) is 39.7 Å². The van der Waals surface area contributed by atoms with E-state index in [0.29, 0.717) is 39.3 Å². The highest BCUT2D eigenvalue weighted by Crippen LogP contribution is 2.45. The van der Waals surface area contributed by atoms with Gasteiger partial charge in [0.1, 0.15) is 24.2 Å². The number of carbonyl (C=O) groups is 1. The molecule has 0 bridgehead atoms. The van der Waals surface area contributed by atoms with Crippen molar-refractivity contribution < 1.29 is 14.6 Å². The second-order valence-corrected chi connectivity index (χ2v) is 12.8. The number of fused-ring (bicyclic) bond motifs is 2. The minimum atomic E-state index is -0.993. The van der Waals surface area contributed by atoms with Crippen LogP contribution in [0.4, 0.5) is 5.82 Å². The van der Waals surface area contributed by atoms with E-state index in [9.17, 15) is 15.2 Å². The summed E-state index contributed by atoms with van der Waals surface area (Å²) in [6.45, 7) is 7.35. The maximum Gasteiger partial charge on any atom is 0.253 e.